The Morgan fingerprint density at radius 2 is 1.43 bits per heavy atom. The number of anilines is 1. The first-order valence-corrected chi connectivity index (χ1v) is 15.2. The minimum Gasteiger partial charge on any atom is -0.388 e. The summed E-state index contributed by atoms with van der Waals surface area (Å²) in [7, 11) is 0. The van der Waals surface area contributed by atoms with E-state index in [0.29, 0.717) is 24.0 Å². The van der Waals surface area contributed by atoms with Crippen LogP contribution >= 0.6 is 0 Å². The second kappa shape index (κ2) is 13.4. The van der Waals surface area contributed by atoms with E-state index in [0.717, 1.165) is 22.4 Å². The fourth-order valence-corrected chi connectivity index (χ4v) is 6.39. The number of aliphatic hydroxyl groups excluding tert-OH is 6. The smallest absolute Gasteiger partial charge is 0.233 e. The summed E-state index contributed by atoms with van der Waals surface area (Å²) in [4.78, 5) is 15.2. The number of hydrogen-bond acceptors (Lipinski definition) is 8. The third kappa shape index (κ3) is 6.21. The molecule has 4 aromatic rings. The molecule has 9 nitrogen and oxygen atoms in total. The maximum absolute atomic E-state index is 13.4. The van der Waals surface area contributed by atoms with Crippen LogP contribution < -0.4 is 4.90 Å². The Morgan fingerprint density at radius 3 is 2.13 bits per heavy atom. The molecule has 9 atom stereocenters. The van der Waals surface area contributed by atoms with Gasteiger partial charge in [0.15, 0.2) is 6.29 Å². The molecule has 2 fully saturated rings. The molecule has 2 saturated heterocycles. The molecule has 2 heterocycles. The van der Waals surface area contributed by atoms with Gasteiger partial charge >= 0.3 is 0 Å². The van der Waals surface area contributed by atoms with Gasteiger partial charge in [-0.15, -0.1) is 0 Å². The van der Waals surface area contributed by atoms with Crippen LogP contribution in [0.25, 0.3) is 11.1 Å². The topological polar surface area (TPSA) is 151 Å². The lowest BCUT2D eigenvalue weighted by molar-refractivity contribution is -0.297. The second-order valence-corrected chi connectivity index (χ2v) is 11.9. The van der Waals surface area contributed by atoms with Crippen LogP contribution in [0.3, 0.4) is 0 Å². The quantitative estimate of drug-likeness (QED) is 0.154. The third-order valence-electron chi connectivity index (χ3n) is 9.00. The molecular weight excluding hydrogens is 593 g/mol. The van der Waals surface area contributed by atoms with Gasteiger partial charge in [-0.1, -0.05) is 72.8 Å². The molecule has 2 aliphatic rings. The molecule has 1 amide bonds. The van der Waals surface area contributed by atoms with Gasteiger partial charge < -0.3 is 40.3 Å². The van der Waals surface area contributed by atoms with E-state index in [1.807, 2.05) is 60.7 Å². The molecule has 0 aliphatic carbocycles. The van der Waals surface area contributed by atoms with E-state index in [1.165, 1.54) is 12.1 Å². The largest absolute Gasteiger partial charge is 0.388 e. The van der Waals surface area contributed by atoms with E-state index >= 15 is 0 Å². The summed E-state index contributed by atoms with van der Waals surface area (Å²) in [5.74, 6) is -0.790. The summed E-state index contributed by atoms with van der Waals surface area (Å²) in [5.41, 5.74) is 4.21. The van der Waals surface area contributed by atoms with Crippen molar-refractivity contribution in [3.8, 4) is 11.1 Å². The van der Waals surface area contributed by atoms with Gasteiger partial charge in [-0.25, -0.2) is 4.39 Å². The average Bonchev–Trinajstić information content (AvgIpc) is 3.08. The number of hydrogen-bond donors (Lipinski definition) is 6. The van der Waals surface area contributed by atoms with Crippen LogP contribution in [-0.2, 0) is 9.53 Å². The van der Waals surface area contributed by atoms with Crippen LogP contribution in [0.1, 0.15) is 47.8 Å². The zero-order chi connectivity index (χ0) is 32.5. The van der Waals surface area contributed by atoms with Crippen molar-refractivity contribution >= 4 is 11.6 Å². The molecule has 4 aromatic carbocycles. The van der Waals surface area contributed by atoms with Gasteiger partial charge in [-0.3, -0.25) is 4.79 Å². The Labute approximate surface area is 265 Å². The number of nitrogens with zero attached hydrogens (tertiary/aromatic N) is 1. The normalized spacial score (nSPS) is 27.6. The molecule has 240 valence electrons. The number of halogens is 1. The summed E-state index contributed by atoms with van der Waals surface area (Å²) in [6, 6.07) is 29.4. The molecular formula is C36H36FNO8. The number of β-lactam (4-membered cyclic amide) rings is 1. The lowest BCUT2D eigenvalue weighted by Crippen LogP contribution is -2.58. The van der Waals surface area contributed by atoms with Crippen LogP contribution in [0.15, 0.2) is 103 Å². The Balaban J connectivity index is 1.21. The standard InChI is InChI=1S/C36H36FNO8/c37-25-15-13-21(14-16-25)28(39)18-17-27-29(38(35(27)44)26-7-2-1-3-8-26)22-11-9-20(10-12-22)23-5-4-6-24(19-23)30(40)34-32(42)31(41)33(43)36(45)46-34/h1-16,19,27-34,36,39-43,45H,17-18H2/t27-,28+,29-,30-,31+,32+,33-,34-,36+/m1/s1. The summed E-state index contributed by atoms with van der Waals surface area (Å²) in [6.07, 6.45) is -9.63. The highest BCUT2D eigenvalue weighted by Crippen LogP contribution is 2.46. The fraction of sp³-hybridized carbons (Fsp3) is 0.306. The lowest BCUT2D eigenvalue weighted by Gasteiger charge is -2.48. The lowest BCUT2D eigenvalue weighted by atomic mass is 9.78. The predicted octanol–water partition coefficient (Wildman–Crippen LogP) is 3.54. The van der Waals surface area contributed by atoms with Gasteiger partial charge in [0.1, 0.15) is 36.3 Å². The van der Waals surface area contributed by atoms with Gasteiger partial charge in [-0.2, -0.15) is 0 Å². The van der Waals surface area contributed by atoms with E-state index in [4.69, 9.17) is 4.74 Å². The summed E-state index contributed by atoms with van der Waals surface area (Å²) in [6.45, 7) is 0. The number of aliphatic hydroxyl groups is 6. The highest BCUT2D eigenvalue weighted by Gasteiger charge is 2.49. The minimum atomic E-state index is -1.77. The van der Waals surface area contributed by atoms with Crippen molar-refractivity contribution in [3.63, 3.8) is 0 Å². The van der Waals surface area contributed by atoms with Crippen LogP contribution in [-0.4, -0.2) is 67.3 Å². The molecule has 10 heteroatoms. The molecule has 0 bridgehead atoms. The number of carbonyl (C=O) groups is 1. The molecule has 0 aromatic heterocycles. The Kier molecular flexibility index (Phi) is 9.30. The van der Waals surface area contributed by atoms with Gasteiger partial charge in [-0.05, 0) is 71.0 Å². The summed E-state index contributed by atoms with van der Waals surface area (Å²) >= 11 is 0. The molecule has 6 rings (SSSR count). The van der Waals surface area contributed by atoms with E-state index in [-0.39, 0.29) is 23.7 Å². The highest BCUT2D eigenvalue weighted by molar-refractivity contribution is 6.03. The van der Waals surface area contributed by atoms with Crippen LogP contribution in [0.5, 0.6) is 0 Å². The van der Waals surface area contributed by atoms with Crippen molar-refractivity contribution in [1.82, 2.24) is 0 Å². The van der Waals surface area contributed by atoms with Gasteiger partial charge in [0.25, 0.3) is 0 Å². The third-order valence-corrected chi connectivity index (χ3v) is 9.00. The van der Waals surface area contributed by atoms with Crippen LogP contribution in [0.4, 0.5) is 10.1 Å². The molecule has 0 unspecified atom stereocenters. The minimum absolute atomic E-state index is 0.0388. The van der Waals surface area contributed by atoms with Crippen molar-refractivity contribution < 1.29 is 44.6 Å². The summed E-state index contributed by atoms with van der Waals surface area (Å²) in [5, 5.41) is 61.8. The van der Waals surface area contributed by atoms with Crippen LogP contribution in [0.2, 0.25) is 0 Å². The predicted molar refractivity (Wildman–Crippen MR) is 166 cm³/mol. The van der Waals surface area contributed by atoms with E-state index in [2.05, 4.69) is 0 Å². The number of benzene rings is 4. The maximum Gasteiger partial charge on any atom is 0.233 e. The highest BCUT2D eigenvalue weighted by atomic mass is 19.1. The first-order valence-electron chi connectivity index (χ1n) is 15.2. The Bertz CT molecular complexity index is 1640. The molecule has 0 spiro atoms. The van der Waals surface area contributed by atoms with E-state index in [9.17, 15) is 39.8 Å². The summed E-state index contributed by atoms with van der Waals surface area (Å²) < 4.78 is 18.6. The molecule has 0 radical (unpaired) electrons. The molecule has 6 N–H and O–H groups in total. The first kappa shape index (κ1) is 32.0. The van der Waals surface area contributed by atoms with Crippen molar-refractivity contribution in [2.24, 2.45) is 5.92 Å². The second-order valence-electron chi connectivity index (χ2n) is 11.9. The van der Waals surface area contributed by atoms with Crippen molar-refractivity contribution in [3.05, 3.63) is 126 Å². The number of rotatable bonds is 9. The maximum atomic E-state index is 13.4. The zero-order valence-corrected chi connectivity index (χ0v) is 24.8. The van der Waals surface area contributed by atoms with Crippen LogP contribution in [0, 0.1) is 11.7 Å². The number of para-hydroxylation sites is 1. The van der Waals surface area contributed by atoms with Crippen molar-refractivity contribution in [2.75, 3.05) is 4.90 Å². The number of amides is 1. The van der Waals surface area contributed by atoms with Gasteiger partial charge in [0.05, 0.1) is 18.1 Å². The SMILES string of the molecule is O=C1[C@H](CC[C@H](O)c2ccc(F)cc2)[C@@H](c2ccc(-c3cccc([C@@H](O)[C@H]4O[C@H](O)[C@H](O)[C@@H](O)[C@@H]4O)c3)cc2)N1c1ccccc1. The van der Waals surface area contributed by atoms with Gasteiger partial charge in [0, 0.05) is 5.69 Å². The monoisotopic (exact) mass is 629 g/mol. The number of carbonyl (C=O) groups excluding carboxylic acids is 1. The molecule has 2 aliphatic heterocycles. The fourth-order valence-electron chi connectivity index (χ4n) is 6.39. The van der Waals surface area contributed by atoms with E-state index in [1.54, 1.807) is 35.2 Å². The first-order chi connectivity index (χ1) is 22.1. The van der Waals surface area contributed by atoms with Crippen molar-refractivity contribution in [1.29, 1.82) is 0 Å². The molecule has 0 saturated carbocycles. The average molecular weight is 630 g/mol. The molecule has 46 heavy (non-hydrogen) atoms. The van der Waals surface area contributed by atoms with Crippen molar-refractivity contribution in [2.45, 2.75) is 61.8 Å². The zero-order valence-electron chi connectivity index (χ0n) is 24.8. The van der Waals surface area contributed by atoms with E-state index < -0.39 is 42.9 Å². The Morgan fingerprint density at radius 1 is 0.739 bits per heavy atom. The van der Waals surface area contributed by atoms with Gasteiger partial charge in [0.2, 0.25) is 5.91 Å². The Hall–Kier alpha value is -4.00. The number of ether oxygens (including phenoxy) is 1.